The molecule has 0 saturated heterocycles. The third-order valence-electron chi connectivity index (χ3n) is 2.25. The second-order valence-corrected chi connectivity index (χ2v) is 3.44. The maximum atomic E-state index is 12.8. The minimum atomic E-state index is -0.325. The second-order valence-electron chi connectivity index (χ2n) is 3.44. The van der Waals surface area contributed by atoms with Crippen molar-refractivity contribution in [1.29, 1.82) is 0 Å². The Hall–Kier alpha value is -2.04. The molecule has 0 aliphatic heterocycles. The molecular weight excluding hydrogens is 207 g/mol. The number of anilines is 2. The fourth-order valence-corrected chi connectivity index (χ4v) is 1.44. The van der Waals surface area contributed by atoms with Crippen LogP contribution in [-0.4, -0.2) is 16.5 Å². The summed E-state index contributed by atoms with van der Waals surface area (Å²) < 4.78 is 12.8. The number of hydrogen-bond acceptors (Lipinski definition) is 3. The number of H-pyrrole nitrogens is 1. The molecule has 4 nitrogen and oxygen atoms in total. The molecule has 0 aliphatic carbocycles. The first-order chi connectivity index (χ1) is 7.75. The van der Waals surface area contributed by atoms with Crippen molar-refractivity contribution in [1.82, 2.24) is 9.97 Å². The fourth-order valence-electron chi connectivity index (χ4n) is 1.44. The van der Waals surface area contributed by atoms with Crippen molar-refractivity contribution in [2.45, 2.75) is 6.42 Å². The van der Waals surface area contributed by atoms with Crippen LogP contribution in [0.3, 0.4) is 0 Å². The van der Waals surface area contributed by atoms with Gasteiger partial charge in [-0.25, -0.2) is 9.37 Å². The SMILES string of the molecule is Nc1cc(F)ccc1NCCc1ncc[nH]1. The van der Waals surface area contributed by atoms with Crippen molar-refractivity contribution >= 4 is 11.4 Å². The summed E-state index contributed by atoms with van der Waals surface area (Å²) in [7, 11) is 0. The van der Waals surface area contributed by atoms with E-state index in [0.29, 0.717) is 12.2 Å². The molecular formula is C11H13FN4. The number of aromatic nitrogens is 2. The van der Waals surface area contributed by atoms with E-state index in [4.69, 9.17) is 5.73 Å². The first-order valence-electron chi connectivity index (χ1n) is 5.03. The Morgan fingerprint density at radius 3 is 3.00 bits per heavy atom. The molecule has 0 radical (unpaired) electrons. The number of halogens is 1. The van der Waals surface area contributed by atoms with Gasteiger partial charge in [-0.2, -0.15) is 0 Å². The van der Waals surface area contributed by atoms with E-state index >= 15 is 0 Å². The lowest BCUT2D eigenvalue weighted by Crippen LogP contribution is -2.07. The van der Waals surface area contributed by atoms with Crippen molar-refractivity contribution < 1.29 is 4.39 Å². The summed E-state index contributed by atoms with van der Waals surface area (Å²) in [5.41, 5.74) is 6.81. The second kappa shape index (κ2) is 4.65. The number of benzene rings is 1. The summed E-state index contributed by atoms with van der Waals surface area (Å²) in [6.45, 7) is 0.698. The molecule has 0 amide bonds. The molecule has 5 heteroatoms. The Bertz CT molecular complexity index is 453. The van der Waals surface area contributed by atoms with Gasteiger partial charge >= 0.3 is 0 Å². The van der Waals surface area contributed by atoms with Crippen LogP contribution in [0.25, 0.3) is 0 Å². The van der Waals surface area contributed by atoms with Crippen LogP contribution in [0.2, 0.25) is 0 Å². The van der Waals surface area contributed by atoms with Crippen LogP contribution in [0.15, 0.2) is 30.6 Å². The van der Waals surface area contributed by atoms with Crippen molar-refractivity contribution in [3.05, 3.63) is 42.2 Å². The molecule has 0 aliphatic rings. The number of nitrogens with one attached hydrogen (secondary N) is 2. The first kappa shape index (κ1) is 10.5. The van der Waals surface area contributed by atoms with Crippen LogP contribution in [0.5, 0.6) is 0 Å². The van der Waals surface area contributed by atoms with Gasteiger partial charge < -0.3 is 16.0 Å². The number of imidazole rings is 1. The maximum Gasteiger partial charge on any atom is 0.125 e. The molecule has 2 aromatic rings. The zero-order valence-electron chi connectivity index (χ0n) is 8.70. The van der Waals surface area contributed by atoms with Crippen LogP contribution in [0.4, 0.5) is 15.8 Å². The van der Waals surface area contributed by atoms with Gasteiger partial charge in [-0.3, -0.25) is 0 Å². The smallest absolute Gasteiger partial charge is 0.125 e. The Kier molecular flexibility index (Phi) is 3.05. The number of hydrogen-bond donors (Lipinski definition) is 3. The lowest BCUT2D eigenvalue weighted by molar-refractivity contribution is 0.628. The predicted molar refractivity (Wildman–Crippen MR) is 61.6 cm³/mol. The van der Waals surface area contributed by atoms with Gasteiger partial charge in [0.15, 0.2) is 0 Å². The van der Waals surface area contributed by atoms with E-state index in [2.05, 4.69) is 15.3 Å². The van der Waals surface area contributed by atoms with Crippen LogP contribution in [0, 0.1) is 5.82 Å². The van der Waals surface area contributed by atoms with Gasteiger partial charge in [0.2, 0.25) is 0 Å². The van der Waals surface area contributed by atoms with Gasteiger partial charge in [0.05, 0.1) is 11.4 Å². The molecule has 0 spiro atoms. The van der Waals surface area contributed by atoms with Crippen LogP contribution >= 0.6 is 0 Å². The van der Waals surface area contributed by atoms with Crippen LogP contribution < -0.4 is 11.1 Å². The predicted octanol–water partition coefficient (Wildman–Crippen LogP) is 1.79. The van der Waals surface area contributed by atoms with Crippen molar-refractivity contribution in [2.24, 2.45) is 0 Å². The molecule has 0 saturated carbocycles. The van der Waals surface area contributed by atoms with Gasteiger partial charge in [-0.1, -0.05) is 0 Å². The lowest BCUT2D eigenvalue weighted by Gasteiger charge is -2.08. The summed E-state index contributed by atoms with van der Waals surface area (Å²) in [6, 6.07) is 4.31. The Morgan fingerprint density at radius 2 is 2.31 bits per heavy atom. The summed E-state index contributed by atoms with van der Waals surface area (Å²) >= 11 is 0. The maximum absolute atomic E-state index is 12.8. The highest BCUT2D eigenvalue weighted by atomic mass is 19.1. The van der Waals surface area contributed by atoms with Crippen molar-refractivity contribution in [3.63, 3.8) is 0 Å². The quantitative estimate of drug-likeness (QED) is 0.688. The normalized spacial score (nSPS) is 10.3. The number of nitrogen functional groups attached to an aromatic ring is 1. The highest BCUT2D eigenvalue weighted by Crippen LogP contribution is 2.18. The molecule has 16 heavy (non-hydrogen) atoms. The van der Waals surface area contributed by atoms with E-state index in [1.165, 1.54) is 12.1 Å². The minimum Gasteiger partial charge on any atom is -0.397 e. The van der Waals surface area contributed by atoms with Gasteiger partial charge in [-0.15, -0.1) is 0 Å². The highest BCUT2D eigenvalue weighted by molar-refractivity contribution is 5.65. The Labute approximate surface area is 92.7 Å². The van der Waals surface area contributed by atoms with Crippen LogP contribution in [-0.2, 0) is 6.42 Å². The molecule has 1 aromatic carbocycles. The van der Waals surface area contributed by atoms with E-state index in [1.807, 2.05) is 0 Å². The molecule has 2 rings (SSSR count). The van der Waals surface area contributed by atoms with Crippen molar-refractivity contribution in [2.75, 3.05) is 17.6 Å². The lowest BCUT2D eigenvalue weighted by atomic mass is 10.2. The molecule has 0 bridgehead atoms. The van der Waals surface area contributed by atoms with Gasteiger partial charge in [-0.05, 0) is 18.2 Å². The Balaban J connectivity index is 1.90. The monoisotopic (exact) mass is 220 g/mol. The molecule has 1 aromatic heterocycles. The number of nitrogens with two attached hydrogens (primary N) is 1. The third kappa shape index (κ3) is 2.50. The van der Waals surface area contributed by atoms with E-state index in [1.54, 1.807) is 18.5 Å². The average Bonchev–Trinajstić information content (AvgIpc) is 2.74. The zero-order valence-corrected chi connectivity index (χ0v) is 8.70. The molecule has 84 valence electrons. The van der Waals surface area contributed by atoms with E-state index in [0.717, 1.165) is 17.9 Å². The number of aromatic amines is 1. The highest BCUT2D eigenvalue weighted by Gasteiger charge is 2.00. The van der Waals surface area contributed by atoms with Gasteiger partial charge in [0.1, 0.15) is 11.6 Å². The summed E-state index contributed by atoms with van der Waals surface area (Å²) in [6.07, 6.45) is 4.26. The van der Waals surface area contributed by atoms with Crippen LogP contribution in [0.1, 0.15) is 5.82 Å². The molecule has 4 N–H and O–H groups in total. The zero-order chi connectivity index (χ0) is 11.4. The Morgan fingerprint density at radius 1 is 1.44 bits per heavy atom. The fraction of sp³-hybridized carbons (Fsp3) is 0.182. The van der Waals surface area contributed by atoms with Crippen molar-refractivity contribution in [3.8, 4) is 0 Å². The summed E-state index contributed by atoms with van der Waals surface area (Å²) in [5, 5.41) is 3.13. The summed E-state index contributed by atoms with van der Waals surface area (Å²) in [4.78, 5) is 7.10. The van der Waals surface area contributed by atoms with E-state index in [9.17, 15) is 4.39 Å². The standard InChI is InChI=1S/C11H13FN4/c12-8-1-2-10(9(13)7-8)14-4-3-11-15-5-6-16-11/h1-2,5-7,14H,3-4,13H2,(H,15,16). The average molecular weight is 220 g/mol. The topological polar surface area (TPSA) is 66.7 Å². The number of nitrogens with zero attached hydrogens (tertiary/aromatic N) is 1. The minimum absolute atomic E-state index is 0.325. The molecule has 0 atom stereocenters. The number of rotatable bonds is 4. The van der Waals surface area contributed by atoms with Gasteiger partial charge in [0.25, 0.3) is 0 Å². The van der Waals surface area contributed by atoms with E-state index in [-0.39, 0.29) is 5.82 Å². The van der Waals surface area contributed by atoms with Gasteiger partial charge in [0, 0.05) is 25.4 Å². The molecule has 1 heterocycles. The molecule has 0 fully saturated rings. The largest absolute Gasteiger partial charge is 0.397 e. The first-order valence-corrected chi connectivity index (χ1v) is 5.03. The third-order valence-corrected chi connectivity index (χ3v) is 2.25. The van der Waals surface area contributed by atoms with E-state index < -0.39 is 0 Å². The molecule has 0 unspecified atom stereocenters. The summed E-state index contributed by atoms with van der Waals surface area (Å²) in [5.74, 6) is 0.585.